The number of ether oxygens (including phenoxy) is 1. The normalized spacial score (nSPS) is 11.8. The van der Waals surface area contributed by atoms with Crippen LogP contribution in [0, 0.1) is 0 Å². The van der Waals surface area contributed by atoms with Crippen LogP contribution in [-0.4, -0.2) is 34.3 Å². The van der Waals surface area contributed by atoms with E-state index in [1.165, 1.54) is 0 Å². The summed E-state index contributed by atoms with van der Waals surface area (Å²) in [7, 11) is 1.96. The van der Waals surface area contributed by atoms with Gasteiger partial charge in [0.25, 0.3) is 0 Å². The summed E-state index contributed by atoms with van der Waals surface area (Å²) >= 11 is 0. The smallest absolute Gasteiger partial charge is 0.407 e. The SMILES string of the molecule is Cn1ccnc1CNC/C=C/CNC(=O)OC(C)(C)C. The Morgan fingerprint density at radius 3 is 2.70 bits per heavy atom. The quantitative estimate of drug-likeness (QED) is 0.613. The number of hydrogen-bond acceptors (Lipinski definition) is 4. The number of aryl methyl sites for hydroxylation is 1. The number of alkyl carbamates (subject to hydrolysis) is 1. The molecule has 1 aromatic heterocycles. The van der Waals surface area contributed by atoms with Crippen LogP contribution in [0.3, 0.4) is 0 Å². The van der Waals surface area contributed by atoms with Gasteiger partial charge in [0.15, 0.2) is 0 Å². The highest BCUT2D eigenvalue weighted by Crippen LogP contribution is 2.05. The number of carbonyl (C=O) groups excluding carboxylic acids is 1. The summed E-state index contributed by atoms with van der Waals surface area (Å²) in [4.78, 5) is 15.6. The lowest BCUT2D eigenvalue weighted by molar-refractivity contribution is 0.0534. The molecule has 1 amide bonds. The molecule has 0 radical (unpaired) electrons. The van der Waals surface area contributed by atoms with Crippen molar-refractivity contribution in [1.29, 1.82) is 0 Å². The lowest BCUT2D eigenvalue weighted by atomic mass is 10.2. The molecule has 0 bridgehead atoms. The minimum atomic E-state index is -0.461. The molecule has 2 N–H and O–H groups in total. The molecule has 0 spiro atoms. The van der Waals surface area contributed by atoms with Gasteiger partial charge < -0.3 is 19.9 Å². The average molecular weight is 280 g/mol. The van der Waals surface area contributed by atoms with E-state index >= 15 is 0 Å². The molecule has 0 fully saturated rings. The number of rotatable bonds is 6. The second-order valence-corrected chi connectivity index (χ2v) is 5.44. The molecule has 0 aromatic carbocycles. The number of imidazole rings is 1. The Balaban J connectivity index is 2.08. The summed E-state index contributed by atoms with van der Waals surface area (Å²) in [6.45, 7) is 7.41. The van der Waals surface area contributed by atoms with Crippen LogP contribution in [0.1, 0.15) is 26.6 Å². The first kappa shape index (κ1) is 16.2. The second-order valence-electron chi connectivity index (χ2n) is 5.44. The third kappa shape index (κ3) is 6.94. The van der Waals surface area contributed by atoms with Crippen molar-refractivity contribution in [3.8, 4) is 0 Å². The molecule has 6 nitrogen and oxygen atoms in total. The molecule has 0 aliphatic carbocycles. The number of aromatic nitrogens is 2. The van der Waals surface area contributed by atoms with E-state index in [2.05, 4.69) is 15.6 Å². The van der Waals surface area contributed by atoms with Crippen LogP contribution in [0.15, 0.2) is 24.5 Å². The third-order valence-corrected chi connectivity index (χ3v) is 2.40. The highest BCUT2D eigenvalue weighted by molar-refractivity contribution is 5.67. The Kier molecular flexibility index (Phi) is 6.24. The van der Waals surface area contributed by atoms with Crippen molar-refractivity contribution in [3.63, 3.8) is 0 Å². The van der Waals surface area contributed by atoms with Gasteiger partial charge in [0.05, 0.1) is 6.54 Å². The monoisotopic (exact) mass is 280 g/mol. The highest BCUT2D eigenvalue weighted by atomic mass is 16.6. The van der Waals surface area contributed by atoms with Crippen molar-refractivity contribution in [2.24, 2.45) is 7.05 Å². The minimum Gasteiger partial charge on any atom is -0.444 e. The molecule has 6 heteroatoms. The van der Waals surface area contributed by atoms with E-state index in [4.69, 9.17) is 4.74 Å². The molecule has 1 aromatic rings. The largest absolute Gasteiger partial charge is 0.444 e. The molecule has 112 valence electrons. The van der Waals surface area contributed by atoms with Crippen molar-refractivity contribution in [2.75, 3.05) is 13.1 Å². The predicted molar refractivity (Wildman–Crippen MR) is 78.3 cm³/mol. The molecule has 20 heavy (non-hydrogen) atoms. The maximum atomic E-state index is 11.3. The maximum Gasteiger partial charge on any atom is 0.407 e. The van der Waals surface area contributed by atoms with Gasteiger partial charge in [-0.25, -0.2) is 9.78 Å². The predicted octanol–water partition coefficient (Wildman–Crippen LogP) is 1.59. The topological polar surface area (TPSA) is 68.2 Å². The molecule has 0 aliphatic rings. The van der Waals surface area contributed by atoms with Crippen molar-refractivity contribution >= 4 is 6.09 Å². The number of amides is 1. The van der Waals surface area contributed by atoms with E-state index in [-0.39, 0.29) is 0 Å². The van der Waals surface area contributed by atoms with Gasteiger partial charge in [-0.05, 0) is 20.8 Å². The number of nitrogens with zero attached hydrogens (tertiary/aromatic N) is 2. The van der Waals surface area contributed by atoms with Gasteiger partial charge in [-0.15, -0.1) is 0 Å². The Bertz CT molecular complexity index is 446. The van der Waals surface area contributed by atoms with E-state index in [1.54, 1.807) is 6.20 Å². The molecule has 0 saturated carbocycles. The summed E-state index contributed by atoms with van der Waals surface area (Å²) in [6, 6.07) is 0. The van der Waals surface area contributed by atoms with Gasteiger partial charge in [0.2, 0.25) is 0 Å². The third-order valence-electron chi connectivity index (χ3n) is 2.40. The van der Waals surface area contributed by atoms with Gasteiger partial charge in [0.1, 0.15) is 11.4 Å². The van der Waals surface area contributed by atoms with Crippen LogP contribution in [0.25, 0.3) is 0 Å². The number of hydrogen-bond donors (Lipinski definition) is 2. The van der Waals surface area contributed by atoms with Crippen LogP contribution in [0.2, 0.25) is 0 Å². The van der Waals surface area contributed by atoms with E-state index in [9.17, 15) is 4.79 Å². The summed E-state index contributed by atoms with van der Waals surface area (Å²) in [5.41, 5.74) is -0.461. The summed E-state index contributed by atoms with van der Waals surface area (Å²) < 4.78 is 7.09. The molecule has 0 atom stereocenters. The van der Waals surface area contributed by atoms with Gasteiger partial charge in [-0.3, -0.25) is 0 Å². The summed E-state index contributed by atoms with van der Waals surface area (Å²) in [5, 5.41) is 5.90. The molecule has 0 saturated heterocycles. The number of nitrogens with one attached hydrogen (secondary N) is 2. The van der Waals surface area contributed by atoms with Gasteiger partial charge in [-0.2, -0.15) is 0 Å². The second kappa shape index (κ2) is 7.69. The zero-order chi connectivity index (χ0) is 15.0. The summed E-state index contributed by atoms with van der Waals surface area (Å²) in [6.07, 6.45) is 7.13. The first-order valence-corrected chi connectivity index (χ1v) is 6.67. The molecule has 0 unspecified atom stereocenters. The Labute approximate surface area is 120 Å². The van der Waals surface area contributed by atoms with Gasteiger partial charge >= 0.3 is 6.09 Å². The van der Waals surface area contributed by atoms with Crippen molar-refractivity contribution in [3.05, 3.63) is 30.4 Å². The highest BCUT2D eigenvalue weighted by Gasteiger charge is 2.14. The average Bonchev–Trinajstić information content (AvgIpc) is 2.71. The first-order chi connectivity index (χ1) is 9.38. The standard InChI is InChI=1S/C14H24N4O2/c1-14(2,3)20-13(19)17-8-6-5-7-15-11-12-16-9-10-18(12)4/h5-6,9-10,15H,7-8,11H2,1-4H3,(H,17,19)/b6-5+. The molecule has 0 aliphatic heterocycles. The Hall–Kier alpha value is -1.82. The van der Waals surface area contributed by atoms with Crippen molar-refractivity contribution < 1.29 is 9.53 Å². The zero-order valence-corrected chi connectivity index (χ0v) is 12.6. The minimum absolute atomic E-state index is 0.400. The first-order valence-electron chi connectivity index (χ1n) is 6.67. The lowest BCUT2D eigenvalue weighted by Crippen LogP contribution is -2.32. The van der Waals surface area contributed by atoms with Crippen LogP contribution < -0.4 is 10.6 Å². The number of carbonyl (C=O) groups is 1. The van der Waals surface area contributed by atoms with Crippen LogP contribution in [0.4, 0.5) is 4.79 Å². The fourth-order valence-corrected chi connectivity index (χ4v) is 1.46. The fraction of sp³-hybridized carbons (Fsp3) is 0.571. The Morgan fingerprint density at radius 1 is 1.40 bits per heavy atom. The lowest BCUT2D eigenvalue weighted by Gasteiger charge is -2.19. The van der Waals surface area contributed by atoms with Crippen LogP contribution in [-0.2, 0) is 18.3 Å². The van der Waals surface area contributed by atoms with Crippen LogP contribution in [0.5, 0.6) is 0 Å². The molecule has 1 rings (SSSR count). The Morgan fingerprint density at radius 2 is 2.10 bits per heavy atom. The van der Waals surface area contributed by atoms with Crippen molar-refractivity contribution in [1.82, 2.24) is 20.2 Å². The van der Waals surface area contributed by atoms with E-state index in [0.29, 0.717) is 13.1 Å². The van der Waals surface area contributed by atoms with E-state index in [1.807, 2.05) is 50.7 Å². The van der Waals surface area contributed by atoms with E-state index < -0.39 is 11.7 Å². The molecule has 1 heterocycles. The maximum absolute atomic E-state index is 11.3. The molecular weight excluding hydrogens is 256 g/mol. The van der Waals surface area contributed by atoms with Crippen LogP contribution >= 0.6 is 0 Å². The van der Waals surface area contributed by atoms with Gasteiger partial charge in [0, 0.05) is 32.5 Å². The van der Waals surface area contributed by atoms with Crippen molar-refractivity contribution in [2.45, 2.75) is 32.9 Å². The van der Waals surface area contributed by atoms with E-state index in [0.717, 1.165) is 12.4 Å². The zero-order valence-electron chi connectivity index (χ0n) is 12.6. The van der Waals surface area contributed by atoms with Gasteiger partial charge in [-0.1, -0.05) is 12.2 Å². The summed E-state index contributed by atoms with van der Waals surface area (Å²) in [5.74, 6) is 0.991. The molecular formula is C14H24N4O2. The fourth-order valence-electron chi connectivity index (χ4n) is 1.46.